The van der Waals surface area contributed by atoms with Gasteiger partial charge in [0.05, 0.1) is 0 Å². The molecule has 1 fully saturated rings. The molecule has 138 valence electrons. The van der Waals surface area contributed by atoms with Crippen LogP contribution in [0.5, 0.6) is 0 Å². The first-order valence-corrected chi connectivity index (χ1v) is 9.22. The first-order chi connectivity index (χ1) is 13.2. The summed E-state index contributed by atoms with van der Waals surface area (Å²) in [5, 5.41) is 7.01. The van der Waals surface area contributed by atoms with E-state index in [0.717, 1.165) is 30.0 Å². The van der Waals surface area contributed by atoms with Crippen molar-refractivity contribution in [2.24, 2.45) is 0 Å². The summed E-state index contributed by atoms with van der Waals surface area (Å²) in [4.78, 5) is 19.5. The van der Waals surface area contributed by atoms with E-state index in [1.807, 2.05) is 48.7 Å². The van der Waals surface area contributed by atoms with Gasteiger partial charge in [-0.25, -0.2) is 4.98 Å². The molecule has 3 aromatic rings. The van der Waals surface area contributed by atoms with Crippen LogP contribution in [-0.4, -0.2) is 29.1 Å². The predicted octanol–water partition coefficient (Wildman–Crippen LogP) is 3.58. The van der Waals surface area contributed by atoms with Crippen molar-refractivity contribution in [3.8, 4) is 11.3 Å². The standard InChI is InChI=1S/C21H22N4O2/c1-15-19(20(24-27-15)17-7-3-2-4-8-17)21(26)23-14-16-9-10-18(22-13-16)25-11-5-6-12-25/h2-4,7-10,13H,5-6,11-12,14H2,1H3,(H,23,26). The number of benzene rings is 1. The fourth-order valence-corrected chi connectivity index (χ4v) is 3.36. The summed E-state index contributed by atoms with van der Waals surface area (Å²) in [5.74, 6) is 1.31. The van der Waals surface area contributed by atoms with Gasteiger partial charge in [-0.15, -0.1) is 0 Å². The summed E-state index contributed by atoms with van der Waals surface area (Å²) in [7, 11) is 0. The monoisotopic (exact) mass is 362 g/mol. The molecule has 0 saturated carbocycles. The molecule has 0 bridgehead atoms. The summed E-state index contributed by atoms with van der Waals surface area (Å²) >= 11 is 0. The van der Waals surface area contributed by atoms with Gasteiger partial charge in [0.2, 0.25) is 0 Å². The molecule has 0 radical (unpaired) electrons. The minimum atomic E-state index is -0.198. The smallest absolute Gasteiger partial charge is 0.257 e. The van der Waals surface area contributed by atoms with Crippen molar-refractivity contribution in [2.75, 3.05) is 18.0 Å². The zero-order chi connectivity index (χ0) is 18.6. The zero-order valence-corrected chi connectivity index (χ0v) is 15.3. The Hall–Kier alpha value is -3.15. The van der Waals surface area contributed by atoms with Crippen LogP contribution in [0.4, 0.5) is 5.82 Å². The summed E-state index contributed by atoms with van der Waals surface area (Å²) in [6.07, 6.45) is 4.27. The summed E-state index contributed by atoms with van der Waals surface area (Å²) in [5.41, 5.74) is 2.86. The molecule has 3 heterocycles. The van der Waals surface area contributed by atoms with Gasteiger partial charge in [0.15, 0.2) is 0 Å². The fraction of sp³-hybridized carbons (Fsp3) is 0.286. The highest BCUT2D eigenvalue weighted by atomic mass is 16.5. The largest absolute Gasteiger partial charge is 0.360 e. The normalized spacial score (nSPS) is 13.7. The molecule has 6 heteroatoms. The second kappa shape index (κ2) is 7.61. The Morgan fingerprint density at radius 1 is 1.15 bits per heavy atom. The molecule has 1 saturated heterocycles. The van der Waals surface area contributed by atoms with Gasteiger partial charge in [-0.1, -0.05) is 41.6 Å². The zero-order valence-electron chi connectivity index (χ0n) is 15.3. The maximum Gasteiger partial charge on any atom is 0.257 e. The molecule has 27 heavy (non-hydrogen) atoms. The first-order valence-electron chi connectivity index (χ1n) is 9.22. The van der Waals surface area contributed by atoms with E-state index in [0.29, 0.717) is 23.6 Å². The van der Waals surface area contributed by atoms with Gasteiger partial charge in [0, 0.05) is 31.4 Å². The number of pyridine rings is 1. The number of amides is 1. The van der Waals surface area contributed by atoms with Gasteiger partial charge in [-0.3, -0.25) is 4.79 Å². The first kappa shape index (κ1) is 17.3. The van der Waals surface area contributed by atoms with E-state index in [1.54, 1.807) is 6.92 Å². The van der Waals surface area contributed by atoms with Gasteiger partial charge in [-0.05, 0) is 31.4 Å². The Kier molecular flexibility index (Phi) is 4.87. The van der Waals surface area contributed by atoms with Crippen molar-refractivity contribution >= 4 is 11.7 Å². The molecule has 0 atom stereocenters. The number of aromatic nitrogens is 2. The Balaban J connectivity index is 1.45. The van der Waals surface area contributed by atoms with Crippen LogP contribution in [0.2, 0.25) is 0 Å². The minimum Gasteiger partial charge on any atom is -0.360 e. The number of carbonyl (C=O) groups is 1. The van der Waals surface area contributed by atoms with E-state index in [1.165, 1.54) is 12.8 Å². The number of nitrogens with zero attached hydrogens (tertiary/aromatic N) is 3. The SMILES string of the molecule is Cc1onc(-c2ccccc2)c1C(=O)NCc1ccc(N2CCCC2)nc1. The maximum atomic E-state index is 12.7. The third kappa shape index (κ3) is 3.69. The van der Waals surface area contributed by atoms with Crippen molar-refractivity contribution in [1.29, 1.82) is 0 Å². The molecule has 4 rings (SSSR count). The van der Waals surface area contributed by atoms with Crippen LogP contribution < -0.4 is 10.2 Å². The molecule has 0 unspecified atom stereocenters. The van der Waals surface area contributed by atoms with Crippen LogP contribution in [0, 0.1) is 6.92 Å². The predicted molar refractivity (Wildman–Crippen MR) is 104 cm³/mol. The van der Waals surface area contributed by atoms with Crippen LogP contribution in [0.3, 0.4) is 0 Å². The molecule has 0 spiro atoms. The molecule has 1 aromatic carbocycles. The van der Waals surface area contributed by atoms with Gasteiger partial charge < -0.3 is 14.7 Å². The van der Waals surface area contributed by atoms with Crippen molar-refractivity contribution in [3.63, 3.8) is 0 Å². The lowest BCUT2D eigenvalue weighted by atomic mass is 10.1. The van der Waals surface area contributed by atoms with E-state index in [9.17, 15) is 4.79 Å². The van der Waals surface area contributed by atoms with Crippen LogP contribution in [0.1, 0.15) is 34.5 Å². The number of hydrogen-bond acceptors (Lipinski definition) is 5. The Labute approximate surface area is 158 Å². The van der Waals surface area contributed by atoms with Gasteiger partial charge >= 0.3 is 0 Å². The van der Waals surface area contributed by atoms with Crippen molar-refractivity contribution < 1.29 is 9.32 Å². The Morgan fingerprint density at radius 2 is 1.93 bits per heavy atom. The Morgan fingerprint density at radius 3 is 2.63 bits per heavy atom. The van der Waals surface area contributed by atoms with Crippen LogP contribution in [0.15, 0.2) is 53.2 Å². The number of rotatable bonds is 5. The van der Waals surface area contributed by atoms with E-state index < -0.39 is 0 Å². The van der Waals surface area contributed by atoms with Crippen molar-refractivity contribution in [3.05, 3.63) is 65.5 Å². The third-order valence-electron chi connectivity index (χ3n) is 4.83. The van der Waals surface area contributed by atoms with Crippen molar-refractivity contribution in [1.82, 2.24) is 15.5 Å². The molecule has 0 aliphatic carbocycles. The Bertz CT molecular complexity index is 913. The number of carbonyl (C=O) groups excluding carboxylic acids is 1. The van der Waals surface area contributed by atoms with Crippen LogP contribution >= 0.6 is 0 Å². The summed E-state index contributed by atoms with van der Waals surface area (Å²) in [6, 6.07) is 13.6. The van der Waals surface area contributed by atoms with Gasteiger partial charge in [-0.2, -0.15) is 0 Å². The quantitative estimate of drug-likeness (QED) is 0.751. The lowest BCUT2D eigenvalue weighted by Gasteiger charge is -2.16. The maximum absolute atomic E-state index is 12.7. The average Bonchev–Trinajstić information content (AvgIpc) is 3.37. The topological polar surface area (TPSA) is 71.3 Å². The molecular formula is C21H22N4O2. The van der Waals surface area contributed by atoms with Crippen molar-refractivity contribution in [2.45, 2.75) is 26.3 Å². The highest BCUT2D eigenvalue weighted by Gasteiger charge is 2.21. The second-order valence-electron chi connectivity index (χ2n) is 6.73. The van der Waals surface area contributed by atoms with E-state index in [2.05, 4.69) is 20.4 Å². The molecule has 1 aliphatic rings. The molecular weight excluding hydrogens is 340 g/mol. The molecule has 2 aromatic heterocycles. The van der Waals surface area contributed by atoms with Crippen LogP contribution in [-0.2, 0) is 6.54 Å². The highest BCUT2D eigenvalue weighted by molar-refractivity contribution is 6.00. The highest BCUT2D eigenvalue weighted by Crippen LogP contribution is 2.25. The molecule has 1 amide bonds. The summed E-state index contributed by atoms with van der Waals surface area (Å²) < 4.78 is 5.27. The van der Waals surface area contributed by atoms with Crippen LogP contribution in [0.25, 0.3) is 11.3 Å². The second-order valence-corrected chi connectivity index (χ2v) is 6.73. The van der Waals surface area contributed by atoms with E-state index in [4.69, 9.17) is 4.52 Å². The number of aryl methyl sites for hydroxylation is 1. The number of hydrogen-bond donors (Lipinski definition) is 1. The molecule has 6 nitrogen and oxygen atoms in total. The third-order valence-corrected chi connectivity index (χ3v) is 4.83. The van der Waals surface area contributed by atoms with E-state index in [-0.39, 0.29) is 5.91 Å². The minimum absolute atomic E-state index is 0.198. The molecule has 1 N–H and O–H groups in total. The number of anilines is 1. The lowest BCUT2D eigenvalue weighted by Crippen LogP contribution is -2.24. The lowest BCUT2D eigenvalue weighted by molar-refractivity contribution is 0.0950. The fourth-order valence-electron chi connectivity index (χ4n) is 3.36. The van der Waals surface area contributed by atoms with E-state index >= 15 is 0 Å². The average molecular weight is 362 g/mol. The number of nitrogens with one attached hydrogen (secondary N) is 1. The summed E-state index contributed by atoms with van der Waals surface area (Å²) in [6.45, 7) is 4.29. The van der Waals surface area contributed by atoms with Gasteiger partial charge in [0.25, 0.3) is 5.91 Å². The molecule has 1 aliphatic heterocycles. The van der Waals surface area contributed by atoms with Gasteiger partial charge in [0.1, 0.15) is 22.8 Å².